The molecule has 1 aromatic carbocycles. The van der Waals surface area contributed by atoms with Crippen LogP contribution < -0.4 is 5.32 Å². The van der Waals surface area contributed by atoms with Crippen LogP contribution in [-0.4, -0.2) is 40.7 Å². The van der Waals surface area contributed by atoms with Crippen LogP contribution in [0.15, 0.2) is 54.4 Å². The zero-order valence-electron chi connectivity index (χ0n) is 15.5. The maximum Gasteiger partial charge on any atom is 0.234 e. The van der Waals surface area contributed by atoms with Crippen LogP contribution in [0.4, 0.5) is 0 Å². The second-order valence-corrected chi connectivity index (χ2v) is 7.01. The molecule has 1 amide bonds. The zero-order chi connectivity index (χ0) is 18.2. The number of allylic oxidation sites excluding steroid dienone is 1. The van der Waals surface area contributed by atoms with Crippen molar-refractivity contribution < 1.29 is 4.79 Å². The van der Waals surface area contributed by atoms with E-state index in [2.05, 4.69) is 16.5 Å². The summed E-state index contributed by atoms with van der Waals surface area (Å²) in [4.78, 5) is 14.1. The Bertz CT molecular complexity index is 735. The molecule has 138 valence electrons. The molecule has 0 aliphatic heterocycles. The van der Waals surface area contributed by atoms with Crippen molar-refractivity contribution in [1.82, 2.24) is 20.0 Å². The van der Waals surface area contributed by atoms with E-state index in [1.165, 1.54) is 31.3 Å². The van der Waals surface area contributed by atoms with E-state index >= 15 is 0 Å². The third-order valence-electron chi connectivity index (χ3n) is 4.68. The van der Waals surface area contributed by atoms with E-state index in [1.54, 1.807) is 0 Å². The number of carbonyl (C=O) groups excluding carboxylic acids is 1. The predicted molar refractivity (Wildman–Crippen MR) is 104 cm³/mol. The van der Waals surface area contributed by atoms with Crippen LogP contribution in [0, 0.1) is 0 Å². The lowest BCUT2D eigenvalue weighted by atomic mass is 9.97. The van der Waals surface area contributed by atoms with Crippen LogP contribution in [0.5, 0.6) is 0 Å². The fourth-order valence-electron chi connectivity index (χ4n) is 3.33. The van der Waals surface area contributed by atoms with Crippen molar-refractivity contribution in [2.45, 2.75) is 38.6 Å². The summed E-state index contributed by atoms with van der Waals surface area (Å²) in [6, 6.07) is 10.0. The van der Waals surface area contributed by atoms with Crippen molar-refractivity contribution >= 4 is 5.91 Å². The largest absolute Gasteiger partial charge is 0.355 e. The maximum absolute atomic E-state index is 12.1. The highest BCUT2D eigenvalue weighted by molar-refractivity contribution is 5.77. The minimum atomic E-state index is 0.0827. The van der Waals surface area contributed by atoms with Gasteiger partial charge in [0.05, 0.1) is 18.4 Å². The number of amides is 1. The van der Waals surface area contributed by atoms with Gasteiger partial charge in [0, 0.05) is 24.8 Å². The highest BCUT2D eigenvalue weighted by Crippen LogP contribution is 2.19. The van der Waals surface area contributed by atoms with Gasteiger partial charge in [-0.1, -0.05) is 29.8 Å². The van der Waals surface area contributed by atoms with E-state index in [-0.39, 0.29) is 5.91 Å². The van der Waals surface area contributed by atoms with E-state index in [0.717, 1.165) is 24.2 Å². The lowest BCUT2D eigenvalue weighted by Gasteiger charge is -2.16. The molecule has 5 nitrogen and oxygen atoms in total. The fourth-order valence-corrected chi connectivity index (χ4v) is 3.33. The molecule has 0 atom stereocenters. The van der Waals surface area contributed by atoms with Gasteiger partial charge in [-0.15, -0.1) is 0 Å². The van der Waals surface area contributed by atoms with E-state index in [0.29, 0.717) is 13.1 Å². The maximum atomic E-state index is 12.1. The molecule has 1 N–H and O–H groups in total. The van der Waals surface area contributed by atoms with Crippen molar-refractivity contribution in [1.29, 1.82) is 0 Å². The van der Waals surface area contributed by atoms with Crippen LogP contribution in [0.1, 0.15) is 37.7 Å². The molecule has 0 saturated heterocycles. The number of hydrogen-bond donors (Lipinski definition) is 1. The summed E-state index contributed by atoms with van der Waals surface area (Å²) >= 11 is 0. The molecule has 1 aromatic heterocycles. The Balaban J connectivity index is 1.40. The first kappa shape index (κ1) is 18.4. The standard InChI is InChI=1S/C21H28N4O/c1-24(17-21(26)22-13-12-18-8-4-2-5-9-18)15-19-14-23-25(16-19)20-10-6-3-7-11-20/h3,6-8,10-11,14,16H,2,4-5,9,12-13,15,17H2,1H3,(H,22,26). The number of rotatable bonds is 8. The molecule has 3 rings (SSSR count). The number of para-hydroxylation sites is 1. The lowest BCUT2D eigenvalue weighted by Crippen LogP contribution is -2.35. The Kier molecular flexibility index (Phi) is 6.61. The third kappa shape index (κ3) is 5.56. The minimum absolute atomic E-state index is 0.0827. The Labute approximate surface area is 155 Å². The molecule has 0 saturated carbocycles. The summed E-state index contributed by atoms with van der Waals surface area (Å²) in [6.07, 6.45) is 12.2. The molecule has 1 heterocycles. The van der Waals surface area contributed by atoms with Crippen molar-refractivity contribution in [3.05, 3.63) is 59.9 Å². The number of carbonyl (C=O) groups is 1. The Morgan fingerprint density at radius 2 is 2.12 bits per heavy atom. The van der Waals surface area contributed by atoms with Gasteiger partial charge in [-0.05, 0) is 51.3 Å². The van der Waals surface area contributed by atoms with Crippen LogP contribution in [0.25, 0.3) is 5.69 Å². The molecule has 26 heavy (non-hydrogen) atoms. The quantitative estimate of drug-likeness (QED) is 0.742. The average molecular weight is 352 g/mol. The predicted octanol–water partition coefficient (Wildman–Crippen LogP) is 3.31. The molecular weight excluding hydrogens is 324 g/mol. The first-order valence-corrected chi connectivity index (χ1v) is 9.43. The summed E-state index contributed by atoms with van der Waals surface area (Å²) in [5.41, 5.74) is 3.63. The van der Waals surface area contributed by atoms with Gasteiger partial charge >= 0.3 is 0 Å². The minimum Gasteiger partial charge on any atom is -0.355 e. The van der Waals surface area contributed by atoms with Crippen molar-refractivity contribution in [3.8, 4) is 5.69 Å². The Morgan fingerprint density at radius 1 is 1.27 bits per heavy atom. The van der Waals surface area contributed by atoms with E-state index in [4.69, 9.17) is 0 Å². The topological polar surface area (TPSA) is 50.2 Å². The number of likely N-dealkylation sites (N-methyl/N-ethyl adjacent to an activating group) is 1. The molecular formula is C21H28N4O. The van der Waals surface area contributed by atoms with Crippen molar-refractivity contribution in [2.24, 2.45) is 0 Å². The van der Waals surface area contributed by atoms with E-state index < -0.39 is 0 Å². The molecule has 1 aliphatic rings. The smallest absolute Gasteiger partial charge is 0.234 e. The van der Waals surface area contributed by atoms with Crippen molar-refractivity contribution in [3.63, 3.8) is 0 Å². The van der Waals surface area contributed by atoms with Crippen LogP contribution >= 0.6 is 0 Å². The van der Waals surface area contributed by atoms with E-state index in [1.807, 2.05) is 59.4 Å². The summed E-state index contributed by atoms with van der Waals surface area (Å²) in [5, 5.41) is 7.44. The first-order valence-electron chi connectivity index (χ1n) is 9.43. The van der Waals surface area contributed by atoms with Crippen molar-refractivity contribution in [2.75, 3.05) is 20.1 Å². The summed E-state index contributed by atoms with van der Waals surface area (Å²) in [7, 11) is 1.96. The highest BCUT2D eigenvalue weighted by Gasteiger charge is 2.09. The second kappa shape index (κ2) is 9.34. The number of benzene rings is 1. The molecule has 1 aliphatic carbocycles. The summed E-state index contributed by atoms with van der Waals surface area (Å²) in [6.45, 7) is 1.84. The molecule has 5 heteroatoms. The van der Waals surface area contributed by atoms with Gasteiger partial charge < -0.3 is 5.32 Å². The molecule has 0 spiro atoms. The lowest BCUT2D eigenvalue weighted by molar-refractivity contribution is -0.122. The molecule has 2 aromatic rings. The fraction of sp³-hybridized carbons (Fsp3) is 0.429. The van der Waals surface area contributed by atoms with Crippen LogP contribution in [0.3, 0.4) is 0 Å². The monoisotopic (exact) mass is 352 g/mol. The van der Waals surface area contributed by atoms with Gasteiger partial charge in [0.25, 0.3) is 0 Å². The van der Waals surface area contributed by atoms with Gasteiger partial charge in [0.1, 0.15) is 0 Å². The van der Waals surface area contributed by atoms with Gasteiger partial charge in [-0.25, -0.2) is 4.68 Å². The normalized spacial score (nSPS) is 14.3. The van der Waals surface area contributed by atoms with E-state index in [9.17, 15) is 4.79 Å². The van der Waals surface area contributed by atoms with Crippen LogP contribution in [-0.2, 0) is 11.3 Å². The second-order valence-electron chi connectivity index (χ2n) is 7.01. The number of hydrogen-bond acceptors (Lipinski definition) is 3. The third-order valence-corrected chi connectivity index (χ3v) is 4.68. The molecule has 0 unspecified atom stereocenters. The first-order chi connectivity index (χ1) is 12.7. The number of aromatic nitrogens is 2. The van der Waals surface area contributed by atoms with Gasteiger partial charge in [-0.3, -0.25) is 9.69 Å². The van der Waals surface area contributed by atoms with Gasteiger partial charge in [-0.2, -0.15) is 5.10 Å². The number of nitrogens with zero attached hydrogens (tertiary/aromatic N) is 3. The number of nitrogens with one attached hydrogen (secondary N) is 1. The average Bonchev–Trinajstić information content (AvgIpc) is 3.11. The highest BCUT2D eigenvalue weighted by atomic mass is 16.2. The zero-order valence-corrected chi connectivity index (χ0v) is 15.5. The Hall–Kier alpha value is -2.40. The van der Waals surface area contributed by atoms with Gasteiger partial charge in [0.2, 0.25) is 5.91 Å². The SMILES string of the molecule is CN(CC(=O)NCCC1=CCCCC1)Cc1cnn(-c2ccccc2)c1. The Morgan fingerprint density at radius 3 is 2.88 bits per heavy atom. The van der Waals surface area contributed by atoms with Gasteiger partial charge in [0.15, 0.2) is 0 Å². The molecule has 0 bridgehead atoms. The summed E-state index contributed by atoms with van der Waals surface area (Å²) < 4.78 is 1.86. The summed E-state index contributed by atoms with van der Waals surface area (Å²) in [5.74, 6) is 0.0827. The molecule has 0 radical (unpaired) electrons. The van der Waals surface area contributed by atoms with Crippen LogP contribution in [0.2, 0.25) is 0 Å². The molecule has 0 fully saturated rings.